The van der Waals surface area contributed by atoms with E-state index in [0.717, 1.165) is 37.3 Å². The topological polar surface area (TPSA) is 106 Å². The van der Waals surface area contributed by atoms with Gasteiger partial charge in [-0.05, 0) is 38.3 Å². The van der Waals surface area contributed by atoms with Crippen LogP contribution in [0.15, 0.2) is 18.2 Å². The van der Waals surface area contributed by atoms with Crippen molar-refractivity contribution in [2.45, 2.75) is 45.1 Å². The van der Waals surface area contributed by atoms with Crippen molar-refractivity contribution in [3.63, 3.8) is 0 Å². The van der Waals surface area contributed by atoms with Gasteiger partial charge in [0.15, 0.2) is 0 Å². The van der Waals surface area contributed by atoms with Gasteiger partial charge in [-0.1, -0.05) is 6.07 Å². The Hall–Kier alpha value is -1.76. The first-order valence-electron chi connectivity index (χ1n) is 9.71. The summed E-state index contributed by atoms with van der Waals surface area (Å²) in [7, 11) is -3.19. The lowest BCUT2D eigenvalue weighted by Crippen LogP contribution is -2.57. The van der Waals surface area contributed by atoms with Crippen molar-refractivity contribution in [3.8, 4) is 0 Å². The van der Waals surface area contributed by atoms with E-state index in [1.165, 1.54) is 6.26 Å². The molecular formula is C19H27F3N2O6S. The van der Waals surface area contributed by atoms with Gasteiger partial charge >= 0.3 is 12.1 Å². The molecule has 1 N–H and O–H groups in total. The number of hydrogen-bond donors (Lipinski definition) is 1. The molecular weight excluding hydrogens is 441 g/mol. The van der Waals surface area contributed by atoms with Gasteiger partial charge in [0.05, 0.1) is 31.3 Å². The van der Waals surface area contributed by atoms with Crippen molar-refractivity contribution in [1.82, 2.24) is 9.29 Å². The van der Waals surface area contributed by atoms with Crippen molar-refractivity contribution < 1.29 is 41.0 Å². The lowest BCUT2D eigenvalue weighted by molar-refractivity contribution is -0.192. The van der Waals surface area contributed by atoms with Crippen LogP contribution in [0.4, 0.5) is 13.2 Å². The summed E-state index contributed by atoms with van der Waals surface area (Å²) in [4.78, 5) is 13.3. The molecule has 12 heteroatoms. The van der Waals surface area contributed by atoms with E-state index in [1.54, 1.807) is 4.31 Å². The van der Waals surface area contributed by atoms with Crippen LogP contribution in [0, 0.1) is 12.3 Å². The first-order chi connectivity index (χ1) is 14.3. The summed E-state index contributed by atoms with van der Waals surface area (Å²) in [5.41, 5.74) is 1.62. The quantitative estimate of drug-likeness (QED) is 0.707. The predicted octanol–water partition coefficient (Wildman–Crippen LogP) is 2.37. The Labute approximate surface area is 179 Å². The maximum absolute atomic E-state index is 12.0. The van der Waals surface area contributed by atoms with Crippen molar-refractivity contribution in [2.24, 2.45) is 5.41 Å². The minimum absolute atomic E-state index is 0.0784. The monoisotopic (exact) mass is 468 g/mol. The summed E-state index contributed by atoms with van der Waals surface area (Å²) in [6, 6.07) is 5.87. The summed E-state index contributed by atoms with van der Waals surface area (Å²) in [6.45, 7) is 4.67. The van der Waals surface area contributed by atoms with E-state index in [2.05, 4.69) is 4.98 Å². The Morgan fingerprint density at radius 1 is 1.42 bits per heavy atom. The van der Waals surface area contributed by atoms with Crippen LogP contribution in [-0.2, 0) is 30.9 Å². The molecule has 0 bridgehead atoms. The number of aliphatic carboxylic acids is 1. The maximum Gasteiger partial charge on any atom is 0.490 e. The van der Waals surface area contributed by atoms with Crippen molar-refractivity contribution in [3.05, 3.63) is 29.6 Å². The van der Waals surface area contributed by atoms with Crippen LogP contribution in [0.5, 0.6) is 0 Å². The van der Waals surface area contributed by atoms with Crippen molar-refractivity contribution in [2.75, 3.05) is 32.6 Å². The van der Waals surface area contributed by atoms with Gasteiger partial charge in [0.25, 0.3) is 0 Å². The number of sulfonamides is 1. The van der Waals surface area contributed by atoms with E-state index in [1.807, 2.05) is 25.1 Å². The maximum atomic E-state index is 12.0. The fourth-order valence-corrected chi connectivity index (χ4v) is 4.71. The SMILES string of the molecule is Cc1cccc(COCC23CCCOC2CCN(S(C)(=O)=O)C3)n1.O=C(O)C(F)(F)F. The summed E-state index contributed by atoms with van der Waals surface area (Å²) in [5, 5.41) is 7.12. The molecule has 31 heavy (non-hydrogen) atoms. The lowest BCUT2D eigenvalue weighted by atomic mass is 9.73. The van der Waals surface area contributed by atoms with Crippen LogP contribution < -0.4 is 0 Å². The van der Waals surface area contributed by atoms with Crippen LogP contribution in [0.25, 0.3) is 0 Å². The predicted molar refractivity (Wildman–Crippen MR) is 105 cm³/mol. The molecule has 1 aromatic heterocycles. The van der Waals surface area contributed by atoms with Crippen molar-refractivity contribution in [1.29, 1.82) is 0 Å². The number of alkyl halides is 3. The van der Waals surface area contributed by atoms with E-state index in [-0.39, 0.29) is 11.5 Å². The minimum atomic E-state index is -5.08. The summed E-state index contributed by atoms with van der Waals surface area (Å²) < 4.78 is 69.2. The zero-order valence-electron chi connectivity index (χ0n) is 17.4. The molecule has 2 atom stereocenters. The smallest absolute Gasteiger partial charge is 0.475 e. The summed E-state index contributed by atoms with van der Waals surface area (Å²) in [5.74, 6) is -2.76. The molecule has 0 aliphatic carbocycles. The van der Waals surface area contributed by atoms with E-state index < -0.39 is 22.2 Å². The third kappa shape index (κ3) is 7.41. The fourth-order valence-electron chi connectivity index (χ4n) is 3.78. The Kier molecular flexibility index (Phi) is 8.42. The molecule has 0 amide bonds. The zero-order chi connectivity index (χ0) is 23.3. The number of aromatic nitrogens is 1. The largest absolute Gasteiger partial charge is 0.490 e. The molecule has 3 rings (SSSR count). The van der Waals surface area contributed by atoms with Gasteiger partial charge in [-0.2, -0.15) is 13.2 Å². The third-order valence-electron chi connectivity index (χ3n) is 5.25. The van der Waals surface area contributed by atoms with Crippen LogP contribution >= 0.6 is 0 Å². The minimum Gasteiger partial charge on any atom is -0.475 e. The Morgan fingerprint density at radius 3 is 2.68 bits per heavy atom. The Bertz CT molecular complexity index is 864. The van der Waals surface area contributed by atoms with E-state index >= 15 is 0 Å². The highest BCUT2D eigenvalue weighted by atomic mass is 32.2. The molecule has 2 unspecified atom stereocenters. The first-order valence-corrected chi connectivity index (χ1v) is 11.6. The lowest BCUT2D eigenvalue weighted by Gasteiger charge is -2.49. The Morgan fingerprint density at radius 2 is 2.10 bits per heavy atom. The molecule has 0 aromatic carbocycles. The second kappa shape index (κ2) is 10.2. The van der Waals surface area contributed by atoms with Crippen LogP contribution in [-0.4, -0.2) is 73.6 Å². The van der Waals surface area contributed by atoms with Gasteiger partial charge in [-0.3, -0.25) is 4.98 Å². The normalized spacial score (nSPS) is 24.6. The number of halogens is 3. The molecule has 3 heterocycles. The molecule has 2 saturated heterocycles. The van der Waals surface area contributed by atoms with Crippen LogP contribution in [0.2, 0.25) is 0 Å². The number of carboxylic acids is 1. The number of rotatable bonds is 5. The average Bonchev–Trinajstić information content (AvgIpc) is 2.66. The molecule has 176 valence electrons. The Balaban J connectivity index is 0.000000423. The zero-order valence-corrected chi connectivity index (χ0v) is 18.2. The van der Waals surface area contributed by atoms with Gasteiger partial charge in [-0.15, -0.1) is 0 Å². The van der Waals surface area contributed by atoms with Crippen molar-refractivity contribution >= 4 is 16.0 Å². The second-order valence-corrected chi connectivity index (χ2v) is 9.76. The fraction of sp³-hybridized carbons (Fsp3) is 0.684. The first kappa shape index (κ1) is 25.5. The second-order valence-electron chi connectivity index (χ2n) is 7.78. The number of aryl methyl sites for hydroxylation is 1. The molecule has 0 radical (unpaired) electrons. The number of hydrogen-bond acceptors (Lipinski definition) is 6. The van der Waals surface area contributed by atoms with E-state index in [0.29, 0.717) is 26.3 Å². The highest BCUT2D eigenvalue weighted by molar-refractivity contribution is 7.88. The highest BCUT2D eigenvalue weighted by Crippen LogP contribution is 2.41. The number of piperidine rings is 1. The number of carboxylic acid groups (broad SMARTS) is 1. The van der Waals surface area contributed by atoms with Gasteiger partial charge in [-0.25, -0.2) is 17.5 Å². The van der Waals surface area contributed by atoms with Gasteiger partial charge in [0.2, 0.25) is 10.0 Å². The summed E-state index contributed by atoms with van der Waals surface area (Å²) in [6.07, 6.45) is -1.11. The number of ether oxygens (including phenoxy) is 2. The van der Waals surface area contributed by atoms with Gasteiger partial charge in [0.1, 0.15) is 0 Å². The van der Waals surface area contributed by atoms with E-state index in [9.17, 15) is 21.6 Å². The molecule has 0 spiro atoms. The van der Waals surface area contributed by atoms with Gasteiger partial charge in [0, 0.05) is 30.8 Å². The number of nitrogens with zero attached hydrogens (tertiary/aromatic N) is 2. The molecule has 2 fully saturated rings. The molecule has 2 aliphatic rings. The summed E-state index contributed by atoms with van der Waals surface area (Å²) >= 11 is 0. The number of pyridine rings is 1. The highest BCUT2D eigenvalue weighted by Gasteiger charge is 2.48. The molecule has 8 nitrogen and oxygen atoms in total. The van der Waals surface area contributed by atoms with Crippen LogP contribution in [0.1, 0.15) is 30.7 Å². The van der Waals surface area contributed by atoms with Gasteiger partial charge < -0.3 is 14.6 Å². The number of fused-ring (bicyclic) bond motifs is 1. The molecule has 0 saturated carbocycles. The average molecular weight is 468 g/mol. The third-order valence-corrected chi connectivity index (χ3v) is 6.50. The molecule has 2 aliphatic heterocycles. The van der Waals surface area contributed by atoms with Crippen LogP contribution in [0.3, 0.4) is 0 Å². The molecule has 1 aromatic rings. The van der Waals surface area contributed by atoms with E-state index in [4.69, 9.17) is 19.4 Å². The number of carbonyl (C=O) groups is 1. The standard InChI is InChI=1S/C17H26N2O4S.C2HF3O2/c1-14-5-3-6-15(18-14)11-22-13-17-8-4-10-23-16(17)7-9-19(12-17)24(2,20)21;3-2(4,5)1(6)7/h3,5-6,16H,4,7-13H2,1-2H3;(H,6,7).